The van der Waals surface area contributed by atoms with Crippen LogP contribution >= 0.6 is 0 Å². The van der Waals surface area contributed by atoms with Crippen LogP contribution in [-0.2, 0) is 4.74 Å². The predicted octanol–water partition coefficient (Wildman–Crippen LogP) is 0.761. The fourth-order valence-electron chi connectivity index (χ4n) is 1.83. The van der Waals surface area contributed by atoms with Gasteiger partial charge in [-0.3, -0.25) is 0 Å². The molecule has 1 aliphatic rings. The first-order valence-corrected chi connectivity index (χ1v) is 5.23. The van der Waals surface area contributed by atoms with Crippen molar-refractivity contribution in [1.29, 1.82) is 5.26 Å². The van der Waals surface area contributed by atoms with Crippen LogP contribution in [0.3, 0.4) is 0 Å². The van der Waals surface area contributed by atoms with E-state index in [0.29, 0.717) is 30.3 Å². The SMILES string of the molecule is CC1COCCN1c1nccc(C#N)c1N. The van der Waals surface area contributed by atoms with E-state index in [1.54, 1.807) is 12.3 Å². The number of anilines is 2. The van der Waals surface area contributed by atoms with Crippen LogP contribution in [-0.4, -0.2) is 30.8 Å². The molecule has 0 saturated carbocycles. The molecule has 1 fully saturated rings. The monoisotopic (exact) mass is 218 g/mol. The van der Waals surface area contributed by atoms with Gasteiger partial charge in [0, 0.05) is 12.7 Å². The van der Waals surface area contributed by atoms with E-state index < -0.39 is 0 Å². The molecule has 0 spiro atoms. The van der Waals surface area contributed by atoms with Crippen molar-refractivity contribution in [2.75, 3.05) is 30.4 Å². The maximum absolute atomic E-state index is 8.91. The number of aromatic nitrogens is 1. The first kappa shape index (κ1) is 10.7. The molecule has 1 aromatic rings. The lowest BCUT2D eigenvalue weighted by Gasteiger charge is -2.34. The third kappa shape index (κ3) is 1.79. The van der Waals surface area contributed by atoms with Gasteiger partial charge in [-0.05, 0) is 13.0 Å². The fraction of sp³-hybridized carbons (Fsp3) is 0.455. The standard InChI is InChI=1S/C11H14N4O/c1-8-7-16-5-4-15(8)11-10(13)9(6-12)2-3-14-11/h2-3,8H,4-5,7,13H2,1H3. The smallest absolute Gasteiger partial charge is 0.153 e. The van der Waals surface area contributed by atoms with Gasteiger partial charge in [0.25, 0.3) is 0 Å². The Morgan fingerprint density at radius 2 is 2.50 bits per heavy atom. The number of morpholine rings is 1. The number of rotatable bonds is 1. The van der Waals surface area contributed by atoms with Crippen LogP contribution in [0.2, 0.25) is 0 Å². The normalized spacial score (nSPS) is 20.5. The minimum absolute atomic E-state index is 0.234. The zero-order valence-corrected chi connectivity index (χ0v) is 9.18. The number of nitrogens with two attached hydrogens (primary N) is 1. The summed E-state index contributed by atoms with van der Waals surface area (Å²) in [5, 5.41) is 8.91. The van der Waals surface area contributed by atoms with Gasteiger partial charge >= 0.3 is 0 Å². The minimum atomic E-state index is 0.234. The van der Waals surface area contributed by atoms with Gasteiger partial charge < -0.3 is 15.4 Å². The predicted molar refractivity (Wildman–Crippen MR) is 61.0 cm³/mol. The summed E-state index contributed by atoms with van der Waals surface area (Å²) in [6, 6.07) is 3.93. The van der Waals surface area contributed by atoms with Crippen molar-refractivity contribution in [2.45, 2.75) is 13.0 Å². The lowest BCUT2D eigenvalue weighted by Crippen LogP contribution is -2.44. The Labute approximate surface area is 94.4 Å². The molecule has 84 valence electrons. The van der Waals surface area contributed by atoms with Crippen LogP contribution in [0.5, 0.6) is 0 Å². The van der Waals surface area contributed by atoms with Crippen molar-refractivity contribution in [3.05, 3.63) is 17.8 Å². The molecule has 0 bridgehead atoms. The summed E-state index contributed by atoms with van der Waals surface area (Å²) >= 11 is 0. The molecule has 0 amide bonds. The highest BCUT2D eigenvalue weighted by Gasteiger charge is 2.22. The molecule has 0 aliphatic carbocycles. The highest BCUT2D eigenvalue weighted by Crippen LogP contribution is 2.26. The second-order valence-electron chi connectivity index (χ2n) is 3.82. The van der Waals surface area contributed by atoms with Gasteiger partial charge in [-0.1, -0.05) is 0 Å². The van der Waals surface area contributed by atoms with E-state index in [-0.39, 0.29) is 6.04 Å². The number of hydrogen-bond donors (Lipinski definition) is 1. The summed E-state index contributed by atoms with van der Waals surface area (Å²) in [6.07, 6.45) is 1.62. The van der Waals surface area contributed by atoms with Crippen molar-refractivity contribution >= 4 is 11.5 Å². The zero-order valence-electron chi connectivity index (χ0n) is 9.18. The number of pyridine rings is 1. The highest BCUT2D eigenvalue weighted by molar-refractivity contribution is 5.70. The Hall–Kier alpha value is -1.80. The van der Waals surface area contributed by atoms with Gasteiger partial charge in [-0.2, -0.15) is 5.26 Å². The molecule has 1 aliphatic heterocycles. The Morgan fingerprint density at radius 3 is 3.19 bits per heavy atom. The van der Waals surface area contributed by atoms with Crippen molar-refractivity contribution in [3.63, 3.8) is 0 Å². The maximum atomic E-state index is 8.91. The molecule has 0 aromatic carbocycles. The van der Waals surface area contributed by atoms with Gasteiger partial charge in [-0.25, -0.2) is 4.98 Å². The van der Waals surface area contributed by atoms with Gasteiger partial charge in [0.15, 0.2) is 5.82 Å². The van der Waals surface area contributed by atoms with Crippen molar-refractivity contribution in [3.8, 4) is 6.07 Å². The summed E-state index contributed by atoms with van der Waals surface area (Å²) in [5.74, 6) is 0.690. The highest BCUT2D eigenvalue weighted by atomic mass is 16.5. The van der Waals surface area contributed by atoms with Gasteiger partial charge in [0.05, 0.1) is 30.5 Å². The molecule has 1 saturated heterocycles. The van der Waals surface area contributed by atoms with Crippen molar-refractivity contribution in [2.24, 2.45) is 0 Å². The Bertz CT molecular complexity index is 426. The Balaban J connectivity index is 2.36. The topological polar surface area (TPSA) is 75.2 Å². The third-order valence-corrected chi connectivity index (χ3v) is 2.73. The fourth-order valence-corrected chi connectivity index (χ4v) is 1.83. The molecular formula is C11H14N4O. The maximum Gasteiger partial charge on any atom is 0.153 e. The van der Waals surface area contributed by atoms with E-state index in [0.717, 1.165) is 6.54 Å². The lowest BCUT2D eigenvalue weighted by molar-refractivity contribution is 0.0986. The summed E-state index contributed by atoms with van der Waals surface area (Å²) in [5.41, 5.74) is 6.85. The zero-order chi connectivity index (χ0) is 11.5. The van der Waals surface area contributed by atoms with Crippen molar-refractivity contribution < 1.29 is 4.74 Å². The number of nitrogen functional groups attached to an aromatic ring is 1. The molecular weight excluding hydrogens is 204 g/mol. The van der Waals surface area contributed by atoms with Crippen LogP contribution in [0.15, 0.2) is 12.3 Å². The van der Waals surface area contributed by atoms with Gasteiger partial charge in [0.1, 0.15) is 6.07 Å². The molecule has 1 unspecified atom stereocenters. The van der Waals surface area contributed by atoms with Crippen LogP contribution < -0.4 is 10.6 Å². The van der Waals surface area contributed by atoms with Crippen LogP contribution in [0.4, 0.5) is 11.5 Å². The van der Waals surface area contributed by atoms with E-state index in [4.69, 9.17) is 15.7 Å². The molecule has 2 rings (SSSR count). The molecule has 1 atom stereocenters. The van der Waals surface area contributed by atoms with Crippen LogP contribution in [0.1, 0.15) is 12.5 Å². The van der Waals surface area contributed by atoms with E-state index in [1.165, 1.54) is 0 Å². The summed E-state index contributed by atoms with van der Waals surface area (Å²) in [6.45, 7) is 4.15. The van der Waals surface area contributed by atoms with E-state index in [2.05, 4.69) is 22.9 Å². The number of ether oxygens (including phenoxy) is 1. The van der Waals surface area contributed by atoms with Gasteiger partial charge in [-0.15, -0.1) is 0 Å². The Morgan fingerprint density at radius 1 is 1.69 bits per heavy atom. The number of nitriles is 1. The second-order valence-corrected chi connectivity index (χ2v) is 3.82. The quantitative estimate of drug-likeness (QED) is 0.753. The average Bonchev–Trinajstić information content (AvgIpc) is 2.31. The second kappa shape index (κ2) is 4.37. The Kier molecular flexibility index (Phi) is 2.93. The average molecular weight is 218 g/mol. The van der Waals surface area contributed by atoms with E-state index in [1.807, 2.05) is 0 Å². The third-order valence-electron chi connectivity index (χ3n) is 2.73. The molecule has 0 radical (unpaired) electrons. The van der Waals surface area contributed by atoms with E-state index in [9.17, 15) is 0 Å². The summed E-state index contributed by atoms with van der Waals surface area (Å²) < 4.78 is 5.35. The first-order chi connectivity index (χ1) is 7.74. The molecule has 1 aromatic heterocycles. The lowest BCUT2D eigenvalue weighted by atomic mass is 10.2. The molecule has 2 heterocycles. The molecule has 5 heteroatoms. The summed E-state index contributed by atoms with van der Waals surface area (Å²) in [7, 11) is 0. The largest absolute Gasteiger partial charge is 0.395 e. The van der Waals surface area contributed by atoms with Gasteiger partial charge in [0.2, 0.25) is 0 Å². The van der Waals surface area contributed by atoms with E-state index >= 15 is 0 Å². The molecule has 16 heavy (non-hydrogen) atoms. The van der Waals surface area contributed by atoms with Crippen molar-refractivity contribution in [1.82, 2.24) is 4.98 Å². The first-order valence-electron chi connectivity index (χ1n) is 5.23. The van der Waals surface area contributed by atoms with Crippen LogP contribution in [0.25, 0.3) is 0 Å². The molecule has 2 N–H and O–H groups in total. The number of nitrogens with zero attached hydrogens (tertiary/aromatic N) is 3. The van der Waals surface area contributed by atoms with Crippen LogP contribution in [0, 0.1) is 11.3 Å². The number of hydrogen-bond acceptors (Lipinski definition) is 5. The summed E-state index contributed by atoms with van der Waals surface area (Å²) in [4.78, 5) is 6.34. The molecule has 5 nitrogen and oxygen atoms in total. The minimum Gasteiger partial charge on any atom is -0.395 e.